The number of allylic oxidation sites excluding steroid dienone is 1. The van der Waals surface area contributed by atoms with Gasteiger partial charge < -0.3 is 5.32 Å². The number of carbonyl (C=O) groups is 1. The van der Waals surface area contributed by atoms with Gasteiger partial charge in [0.1, 0.15) is 4.49 Å². The van der Waals surface area contributed by atoms with Crippen LogP contribution < -0.4 is 5.32 Å². The minimum Gasteiger partial charge on any atom is -0.352 e. The second-order valence-electron chi connectivity index (χ2n) is 8.15. The predicted molar refractivity (Wildman–Crippen MR) is 112 cm³/mol. The standard InChI is InChI=1S/C23H23Cl2NO/c1-23(2)19(12-20(24)25)21(23)22(27)26-13-14-7-10-18-16(11-14)9-8-15-5-3-4-6-17(15)18/h3-7,10-12,19,21H,8-9,13H2,1-2H3,(H,26,27). The van der Waals surface area contributed by atoms with E-state index in [-0.39, 0.29) is 27.6 Å². The smallest absolute Gasteiger partial charge is 0.224 e. The molecule has 0 radical (unpaired) electrons. The highest BCUT2D eigenvalue weighted by Crippen LogP contribution is 2.59. The van der Waals surface area contributed by atoms with Crippen LogP contribution in [0.25, 0.3) is 11.1 Å². The first-order valence-corrected chi connectivity index (χ1v) is 10.1. The fourth-order valence-corrected chi connectivity index (χ4v) is 4.69. The van der Waals surface area contributed by atoms with Crippen LogP contribution in [-0.4, -0.2) is 5.91 Å². The lowest BCUT2D eigenvalue weighted by Gasteiger charge is -2.20. The Morgan fingerprint density at radius 2 is 1.81 bits per heavy atom. The van der Waals surface area contributed by atoms with Gasteiger partial charge in [0.2, 0.25) is 5.91 Å². The van der Waals surface area contributed by atoms with Crippen molar-refractivity contribution in [3.63, 3.8) is 0 Å². The highest BCUT2D eigenvalue weighted by Gasteiger charge is 2.60. The minimum atomic E-state index is -0.0985. The summed E-state index contributed by atoms with van der Waals surface area (Å²) in [6, 6.07) is 15.1. The number of hydrogen-bond donors (Lipinski definition) is 1. The van der Waals surface area contributed by atoms with Crippen LogP contribution in [-0.2, 0) is 24.2 Å². The number of rotatable bonds is 4. The first-order valence-electron chi connectivity index (χ1n) is 9.38. The van der Waals surface area contributed by atoms with Crippen molar-refractivity contribution in [1.29, 1.82) is 0 Å². The molecule has 0 aromatic heterocycles. The van der Waals surface area contributed by atoms with Gasteiger partial charge in [-0.15, -0.1) is 0 Å². The molecule has 27 heavy (non-hydrogen) atoms. The van der Waals surface area contributed by atoms with E-state index in [1.807, 2.05) is 0 Å². The summed E-state index contributed by atoms with van der Waals surface area (Å²) in [7, 11) is 0. The molecule has 2 aliphatic carbocycles. The molecule has 140 valence electrons. The number of halogens is 2. The van der Waals surface area contributed by atoms with E-state index in [4.69, 9.17) is 23.2 Å². The van der Waals surface area contributed by atoms with E-state index in [1.165, 1.54) is 22.3 Å². The van der Waals surface area contributed by atoms with Gasteiger partial charge in [-0.05, 0) is 58.1 Å². The summed E-state index contributed by atoms with van der Waals surface area (Å²) in [5, 5.41) is 3.09. The molecule has 2 atom stereocenters. The van der Waals surface area contributed by atoms with Gasteiger partial charge in [-0.25, -0.2) is 0 Å². The van der Waals surface area contributed by atoms with Gasteiger partial charge in [0.05, 0.1) is 5.92 Å². The summed E-state index contributed by atoms with van der Waals surface area (Å²) in [6.07, 6.45) is 3.90. The van der Waals surface area contributed by atoms with Gasteiger partial charge in [0, 0.05) is 6.54 Å². The Hall–Kier alpha value is -1.77. The van der Waals surface area contributed by atoms with E-state index in [0.717, 1.165) is 18.4 Å². The molecule has 2 nitrogen and oxygen atoms in total. The quantitative estimate of drug-likeness (QED) is 0.705. The van der Waals surface area contributed by atoms with Crippen LogP contribution in [0.2, 0.25) is 0 Å². The van der Waals surface area contributed by atoms with Gasteiger partial charge in [-0.3, -0.25) is 4.79 Å². The van der Waals surface area contributed by atoms with Crippen molar-refractivity contribution in [3.8, 4) is 11.1 Å². The molecule has 1 N–H and O–H groups in total. The summed E-state index contributed by atoms with van der Waals surface area (Å²) in [6.45, 7) is 4.70. The van der Waals surface area contributed by atoms with E-state index < -0.39 is 0 Å². The third-order valence-corrected chi connectivity index (χ3v) is 6.36. The van der Waals surface area contributed by atoms with E-state index >= 15 is 0 Å². The van der Waals surface area contributed by atoms with Crippen molar-refractivity contribution in [1.82, 2.24) is 5.32 Å². The highest BCUT2D eigenvalue weighted by atomic mass is 35.5. The van der Waals surface area contributed by atoms with Crippen LogP contribution in [0, 0.1) is 17.3 Å². The Kier molecular flexibility index (Phi) is 4.82. The molecule has 4 rings (SSSR count). The summed E-state index contributed by atoms with van der Waals surface area (Å²) in [5.74, 6) is 0.0935. The van der Waals surface area contributed by atoms with Crippen LogP contribution >= 0.6 is 23.2 Å². The molecule has 0 spiro atoms. The lowest BCUT2D eigenvalue weighted by atomic mass is 9.85. The Morgan fingerprint density at radius 3 is 2.59 bits per heavy atom. The van der Waals surface area contributed by atoms with E-state index in [0.29, 0.717) is 6.54 Å². The van der Waals surface area contributed by atoms with Crippen LogP contribution in [0.5, 0.6) is 0 Å². The predicted octanol–water partition coefficient (Wildman–Crippen LogP) is 5.66. The average molecular weight is 400 g/mol. The molecule has 1 amide bonds. The molecule has 2 aromatic carbocycles. The average Bonchev–Trinajstić information content (AvgIpc) is 3.18. The third-order valence-electron chi connectivity index (χ3n) is 6.11. The van der Waals surface area contributed by atoms with Crippen molar-refractivity contribution in [2.45, 2.75) is 33.2 Å². The second kappa shape index (κ2) is 7.00. The number of fused-ring (bicyclic) bond motifs is 3. The molecule has 0 bridgehead atoms. The van der Waals surface area contributed by atoms with Crippen molar-refractivity contribution < 1.29 is 4.79 Å². The van der Waals surface area contributed by atoms with Crippen molar-refractivity contribution in [2.24, 2.45) is 17.3 Å². The van der Waals surface area contributed by atoms with Crippen LogP contribution in [0.4, 0.5) is 0 Å². The zero-order chi connectivity index (χ0) is 19.2. The van der Waals surface area contributed by atoms with Gasteiger partial charge in [-0.2, -0.15) is 0 Å². The number of benzene rings is 2. The zero-order valence-electron chi connectivity index (χ0n) is 15.6. The number of carbonyl (C=O) groups excluding carboxylic acids is 1. The molecule has 2 aliphatic rings. The first kappa shape index (κ1) is 18.6. The second-order valence-corrected chi connectivity index (χ2v) is 9.16. The Bertz CT molecular complexity index is 928. The maximum Gasteiger partial charge on any atom is 0.224 e. The van der Waals surface area contributed by atoms with Crippen molar-refractivity contribution in [3.05, 3.63) is 69.7 Å². The maximum atomic E-state index is 12.6. The van der Waals surface area contributed by atoms with Crippen molar-refractivity contribution >= 4 is 29.1 Å². The number of aryl methyl sites for hydroxylation is 2. The maximum absolute atomic E-state index is 12.6. The molecule has 4 heteroatoms. The fraction of sp³-hybridized carbons (Fsp3) is 0.348. The summed E-state index contributed by atoms with van der Waals surface area (Å²) in [4.78, 5) is 12.6. The molecular formula is C23H23Cl2NO. The van der Waals surface area contributed by atoms with Gasteiger partial charge in [-0.1, -0.05) is 79.5 Å². The van der Waals surface area contributed by atoms with Crippen LogP contribution in [0.3, 0.4) is 0 Å². The highest BCUT2D eigenvalue weighted by molar-refractivity contribution is 6.55. The zero-order valence-corrected chi connectivity index (χ0v) is 17.1. The summed E-state index contributed by atoms with van der Waals surface area (Å²) >= 11 is 11.6. The van der Waals surface area contributed by atoms with E-state index in [2.05, 4.69) is 61.6 Å². The fourth-order valence-electron chi connectivity index (χ4n) is 4.42. The first-order chi connectivity index (χ1) is 12.9. The third kappa shape index (κ3) is 3.53. The molecule has 1 fully saturated rings. The van der Waals surface area contributed by atoms with Gasteiger partial charge in [0.15, 0.2) is 0 Å². The Labute approximate surface area is 170 Å². The minimum absolute atomic E-state index is 0.0684. The number of hydrogen-bond acceptors (Lipinski definition) is 1. The molecule has 1 saturated carbocycles. The van der Waals surface area contributed by atoms with Gasteiger partial charge >= 0.3 is 0 Å². The number of amides is 1. The monoisotopic (exact) mass is 399 g/mol. The molecule has 2 aromatic rings. The Morgan fingerprint density at radius 1 is 1.11 bits per heavy atom. The van der Waals surface area contributed by atoms with Crippen molar-refractivity contribution in [2.75, 3.05) is 0 Å². The molecule has 2 unspecified atom stereocenters. The SMILES string of the molecule is CC1(C)C(C=C(Cl)Cl)C1C(=O)NCc1ccc2c(c1)CCc1ccccc1-2. The Balaban J connectivity index is 1.45. The van der Waals surface area contributed by atoms with Crippen LogP contribution in [0.15, 0.2) is 53.0 Å². The molecule has 0 aliphatic heterocycles. The van der Waals surface area contributed by atoms with E-state index in [9.17, 15) is 4.79 Å². The summed E-state index contributed by atoms with van der Waals surface area (Å²) in [5.41, 5.74) is 6.47. The largest absolute Gasteiger partial charge is 0.352 e. The molecule has 0 heterocycles. The summed E-state index contributed by atoms with van der Waals surface area (Å²) < 4.78 is 0.235. The van der Waals surface area contributed by atoms with E-state index in [1.54, 1.807) is 6.08 Å². The van der Waals surface area contributed by atoms with Gasteiger partial charge in [0.25, 0.3) is 0 Å². The topological polar surface area (TPSA) is 29.1 Å². The number of nitrogens with one attached hydrogen (secondary N) is 1. The lowest BCUT2D eigenvalue weighted by molar-refractivity contribution is -0.123. The molecular weight excluding hydrogens is 377 g/mol. The lowest BCUT2D eigenvalue weighted by Crippen LogP contribution is -2.26. The molecule has 0 saturated heterocycles. The normalized spacial score (nSPS) is 21.6. The van der Waals surface area contributed by atoms with Crippen LogP contribution in [0.1, 0.15) is 30.5 Å².